The van der Waals surface area contributed by atoms with Crippen molar-refractivity contribution in [3.63, 3.8) is 0 Å². The van der Waals surface area contributed by atoms with Gasteiger partial charge in [-0.3, -0.25) is 9.59 Å². The minimum Gasteiger partial charge on any atom is -0.495 e. The summed E-state index contributed by atoms with van der Waals surface area (Å²) in [4.78, 5) is 29.8. The Hall–Kier alpha value is -2.11. The molecule has 1 atom stereocenters. The summed E-state index contributed by atoms with van der Waals surface area (Å²) >= 11 is 7.76. The molecule has 0 bridgehead atoms. The maximum Gasteiger partial charge on any atom is 0.200 e. The van der Waals surface area contributed by atoms with Crippen molar-refractivity contribution in [1.82, 2.24) is 4.98 Å². The van der Waals surface area contributed by atoms with Crippen molar-refractivity contribution < 1.29 is 9.53 Å². The summed E-state index contributed by atoms with van der Waals surface area (Å²) in [6.45, 7) is 0. The number of benzene rings is 1. The highest BCUT2D eigenvalue weighted by Crippen LogP contribution is 2.35. The summed E-state index contributed by atoms with van der Waals surface area (Å²) in [7, 11) is 1.53. The van der Waals surface area contributed by atoms with Crippen molar-refractivity contribution in [2.75, 3.05) is 7.11 Å². The Kier molecular flexibility index (Phi) is 3.70. The zero-order valence-electron chi connectivity index (χ0n) is 12.9. The molecule has 0 radical (unpaired) electrons. The number of pyridine rings is 1. The van der Waals surface area contributed by atoms with Crippen molar-refractivity contribution in [3.8, 4) is 5.75 Å². The average molecular weight is 360 g/mol. The summed E-state index contributed by atoms with van der Waals surface area (Å²) in [6, 6.07) is 7.29. The van der Waals surface area contributed by atoms with Crippen molar-refractivity contribution >= 4 is 39.6 Å². The number of H-pyrrole nitrogens is 1. The fraction of sp³-hybridized carbons (Fsp3) is 0.222. The summed E-state index contributed by atoms with van der Waals surface area (Å²) in [6.07, 6.45) is 1.02. The van der Waals surface area contributed by atoms with Crippen LogP contribution in [0.15, 0.2) is 34.4 Å². The second-order valence-electron chi connectivity index (χ2n) is 5.88. The first-order chi connectivity index (χ1) is 11.6. The Morgan fingerprint density at radius 3 is 2.83 bits per heavy atom. The molecule has 1 unspecified atom stereocenters. The molecule has 0 amide bonds. The second kappa shape index (κ2) is 5.76. The number of ketones is 1. The highest BCUT2D eigenvalue weighted by molar-refractivity contribution is 7.10. The molecule has 1 aliphatic rings. The van der Waals surface area contributed by atoms with E-state index in [-0.39, 0.29) is 22.7 Å². The second-order valence-corrected chi connectivity index (χ2v) is 7.27. The van der Waals surface area contributed by atoms with Crippen LogP contribution in [0, 0.1) is 0 Å². The number of carbonyl (C=O) groups is 1. The molecule has 1 N–H and O–H groups in total. The van der Waals surface area contributed by atoms with Crippen LogP contribution in [0.1, 0.15) is 33.3 Å². The molecule has 1 aromatic carbocycles. The van der Waals surface area contributed by atoms with Crippen LogP contribution >= 0.6 is 22.9 Å². The molecule has 0 saturated carbocycles. The normalized spacial score (nSPS) is 17.1. The molecule has 0 saturated heterocycles. The molecule has 0 spiro atoms. The predicted octanol–water partition coefficient (Wildman–Crippen LogP) is 4.16. The van der Waals surface area contributed by atoms with E-state index in [1.807, 2.05) is 17.5 Å². The van der Waals surface area contributed by atoms with E-state index < -0.39 is 0 Å². The Labute approximate surface area is 147 Å². The van der Waals surface area contributed by atoms with Crippen LogP contribution in [0.3, 0.4) is 0 Å². The number of thiophene rings is 1. The number of methoxy groups -OCH3 is 1. The number of ether oxygens (including phenoxy) is 1. The minimum atomic E-state index is -0.252. The third-order valence-electron chi connectivity index (χ3n) is 4.46. The van der Waals surface area contributed by atoms with Crippen molar-refractivity contribution in [2.24, 2.45) is 0 Å². The fourth-order valence-electron chi connectivity index (χ4n) is 3.32. The van der Waals surface area contributed by atoms with E-state index in [1.165, 1.54) is 12.0 Å². The fourth-order valence-corrected chi connectivity index (χ4v) is 4.39. The summed E-state index contributed by atoms with van der Waals surface area (Å²) < 4.78 is 5.22. The van der Waals surface area contributed by atoms with Crippen LogP contribution in [-0.4, -0.2) is 17.9 Å². The number of aromatic amines is 1. The van der Waals surface area contributed by atoms with E-state index in [0.717, 1.165) is 0 Å². The molecule has 4 rings (SSSR count). The van der Waals surface area contributed by atoms with Gasteiger partial charge in [-0.2, -0.15) is 0 Å². The predicted molar refractivity (Wildman–Crippen MR) is 95.8 cm³/mol. The van der Waals surface area contributed by atoms with E-state index in [9.17, 15) is 9.59 Å². The van der Waals surface area contributed by atoms with Crippen LogP contribution in [0.4, 0.5) is 0 Å². The number of fused-ring (bicyclic) bond motifs is 2. The van der Waals surface area contributed by atoms with Gasteiger partial charge in [0.1, 0.15) is 5.75 Å². The molecule has 6 heteroatoms. The maximum atomic E-state index is 12.8. The number of halogens is 1. The lowest BCUT2D eigenvalue weighted by atomic mass is 9.84. The van der Waals surface area contributed by atoms with Gasteiger partial charge in [0.2, 0.25) is 5.43 Å². The van der Waals surface area contributed by atoms with E-state index in [0.29, 0.717) is 40.2 Å². The summed E-state index contributed by atoms with van der Waals surface area (Å²) in [5, 5.41) is 2.78. The molecular weight excluding hydrogens is 346 g/mol. The monoisotopic (exact) mass is 359 g/mol. The van der Waals surface area contributed by atoms with Gasteiger partial charge < -0.3 is 9.72 Å². The molecule has 4 nitrogen and oxygen atoms in total. The largest absolute Gasteiger partial charge is 0.495 e. The Morgan fingerprint density at radius 1 is 1.29 bits per heavy atom. The van der Waals surface area contributed by atoms with Crippen LogP contribution in [0.25, 0.3) is 10.9 Å². The third-order valence-corrected chi connectivity index (χ3v) is 5.79. The molecular formula is C18H14ClNO3S. The molecule has 1 aliphatic carbocycles. The van der Waals surface area contributed by atoms with E-state index in [2.05, 4.69) is 4.98 Å². The van der Waals surface area contributed by atoms with Crippen molar-refractivity contribution in [2.45, 2.75) is 18.8 Å². The van der Waals surface area contributed by atoms with Crippen molar-refractivity contribution in [3.05, 3.63) is 61.0 Å². The molecule has 122 valence electrons. The number of rotatable bonds is 2. The zero-order valence-corrected chi connectivity index (χ0v) is 14.5. The van der Waals surface area contributed by atoms with E-state index in [4.69, 9.17) is 16.3 Å². The lowest BCUT2D eigenvalue weighted by molar-refractivity contribution is 0.0963. The minimum absolute atomic E-state index is 0.107. The SMILES string of the molecule is COc1cc2[nH]c3c(c(=O)c2cc1Cl)C(=O)CC(c1cccs1)C3. The molecule has 24 heavy (non-hydrogen) atoms. The zero-order chi connectivity index (χ0) is 16.8. The smallest absolute Gasteiger partial charge is 0.200 e. The number of carbonyl (C=O) groups excluding carboxylic acids is 1. The molecule has 0 aliphatic heterocycles. The van der Waals surface area contributed by atoms with Crippen LogP contribution in [0.2, 0.25) is 5.02 Å². The first-order valence-corrected chi connectivity index (χ1v) is 8.83. The van der Waals surface area contributed by atoms with Crippen molar-refractivity contribution in [1.29, 1.82) is 0 Å². The van der Waals surface area contributed by atoms with E-state index >= 15 is 0 Å². The molecule has 3 aromatic rings. The number of aromatic nitrogens is 1. The number of Topliss-reactive ketones (excluding diaryl/α,β-unsaturated/α-hetero) is 1. The number of nitrogens with one attached hydrogen (secondary N) is 1. The highest BCUT2D eigenvalue weighted by atomic mass is 35.5. The Bertz CT molecular complexity index is 1010. The van der Waals surface area contributed by atoms with Crippen LogP contribution in [-0.2, 0) is 6.42 Å². The lowest BCUT2D eigenvalue weighted by Gasteiger charge is -2.23. The standard InChI is InChI=1S/C18H14ClNO3S/c1-23-15-8-12-10(7-11(15)19)18(22)17-13(20-12)5-9(6-14(17)21)16-3-2-4-24-16/h2-4,7-9H,5-6H2,1H3,(H,20,22). The lowest BCUT2D eigenvalue weighted by Crippen LogP contribution is -2.27. The van der Waals surface area contributed by atoms with Gasteiger partial charge in [0.05, 0.1) is 23.2 Å². The average Bonchev–Trinajstić information content (AvgIpc) is 3.09. The molecule has 2 heterocycles. The van der Waals surface area contributed by atoms with E-state index in [1.54, 1.807) is 23.5 Å². The highest BCUT2D eigenvalue weighted by Gasteiger charge is 2.30. The van der Waals surface area contributed by atoms with Gasteiger partial charge >= 0.3 is 0 Å². The first-order valence-electron chi connectivity index (χ1n) is 7.57. The van der Waals surface area contributed by atoms with Gasteiger partial charge in [-0.25, -0.2) is 0 Å². The molecule has 0 fully saturated rings. The van der Waals surface area contributed by atoms with Crippen LogP contribution in [0.5, 0.6) is 5.75 Å². The quantitative estimate of drug-likeness (QED) is 0.747. The van der Waals surface area contributed by atoms with Gasteiger partial charge in [-0.1, -0.05) is 17.7 Å². The number of hydrogen-bond acceptors (Lipinski definition) is 4. The topological polar surface area (TPSA) is 59.2 Å². The van der Waals surface area contributed by atoms with Gasteiger partial charge in [0.15, 0.2) is 5.78 Å². The Morgan fingerprint density at radius 2 is 2.12 bits per heavy atom. The number of hydrogen-bond donors (Lipinski definition) is 1. The third kappa shape index (κ3) is 2.36. The first kappa shape index (κ1) is 15.4. The van der Waals surface area contributed by atoms with Gasteiger partial charge in [-0.05, 0) is 23.9 Å². The Balaban J connectivity index is 1.91. The van der Waals surface area contributed by atoms with Gasteiger partial charge in [0, 0.05) is 34.4 Å². The summed E-state index contributed by atoms with van der Waals surface area (Å²) in [5.74, 6) is 0.508. The maximum absolute atomic E-state index is 12.8. The molecule has 2 aromatic heterocycles. The van der Waals surface area contributed by atoms with Crippen LogP contribution < -0.4 is 10.2 Å². The summed E-state index contributed by atoms with van der Waals surface area (Å²) in [5.41, 5.74) is 1.36. The van der Waals surface area contributed by atoms with Gasteiger partial charge in [-0.15, -0.1) is 11.3 Å². The van der Waals surface area contributed by atoms with Gasteiger partial charge in [0.25, 0.3) is 0 Å².